The maximum absolute atomic E-state index is 12.3. The van der Waals surface area contributed by atoms with Crippen molar-refractivity contribution in [1.29, 1.82) is 0 Å². The van der Waals surface area contributed by atoms with E-state index in [2.05, 4.69) is 10.6 Å². The number of carbonyl (C=O) groups excluding carboxylic acids is 1. The zero-order valence-corrected chi connectivity index (χ0v) is 12.6. The Morgan fingerprint density at radius 2 is 2.00 bits per heavy atom. The summed E-state index contributed by atoms with van der Waals surface area (Å²) in [6, 6.07) is 13.2. The Balaban J connectivity index is 2.16. The van der Waals surface area contributed by atoms with Crippen LogP contribution in [-0.2, 0) is 6.54 Å². The van der Waals surface area contributed by atoms with Gasteiger partial charge in [-0.2, -0.15) is 0 Å². The lowest BCUT2D eigenvalue weighted by molar-refractivity contribution is 0.102. The molecule has 0 aliphatic rings. The fraction of sp³-hybridized carbons (Fsp3) is 0.235. The minimum atomic E-state index is -0.144. The molecule has 110 valence electrons. The molecule has 2 aromatic carbocycles. The number of ether oxygens (including phenoxy) is 1. The molecule has 0 heterocycles. The molecular weight excluding hydrogens is 264 g/mol. The van der Waals surface area contributed by atoms with Crippen molar-refractivity contribution in [2.45, 2.75) is 13.5 Å². The SMILES string of the molecule is CNCc1cccc(NC(=O)c2ccc(C)c(OC)c2)c1. The second kappa shape index (κ2) is 6.90. The molecule has 0 aliphatic heterocycles. The summed E-state index contributed by atoms with van der Waals surface area (Å²) in [5.41, 5.74) is 3.49. The molecule has 0 unspecified atom stereocenters. The zero-order chi connectivity index (χ0) is 15.2. The highest BCUT2D eigenvalue weighted by Gasteiger charge is 2.09. The van der Waals surface area contributed by atoms with Crippen molar-refractivity contribution in [3.8, 4) is 5.75 Å². The maximum Gasteiger partial charge on any atom is 0.255 e. The molecule has 1 amide bonds. The highest BCUT2D eigenvalue weighted by atomic mass is 16.5. The van der Waals surface area contributed by atoms with E-state index in [0.29, 0.717) is 11.3 Å². The van der Waals surface area contributed by atoms with Crippen molar-refractivity contribution in [3.63, 3.8) is 0 Å². The van der Waals surface area contributed by atoms with Gasteiger partial charge in [0.1, 0.15) is 5.75 Å². The second-order valence-electron chi connectivity index (χ2n) is 4.87. The number of methoxy groups -OCH3 is 1. The van der Waals surface area contributed by atoms with Crippen molar-refractivity contribution in [2.75, 3.05) is 19.5 Å². The minimum Gasteiger partial charge on any atom is -0.496 e. The fourth-order valence-electron chi connectivity index (χ4n) is 2.13. The third-order valence-corrected chi connectivity index (χ3v) is 3.24. The van der Waals surface area contributed by atoms with Crippen LogP contribution in [0, 0.1) is 6.92 Å². The highest BCUT2D eigenvalue weighted by molar-refractivity contribution is 6.04. The molecular formula is C17H20N2O2. The lowest BCUT2D eigenvalue weighted by atomic mass is 10.1. The van der Waals surface area contributed by atoms with Crippen LogP contribution in [0.1, 0.15) is 21.5 Å². The molecule has 0 fully saturated rings. The molecule has 0 saturated heterocycles. The van der Waals surface area contributed by atoms with Gasteiger partial charge >= 0.3 is 0 Å². The molecule has 21 heavy (non-hydrogen) atoms. The van der Waals surface area contributed by atoms with E-state index in [1.165, 1.54) is 0 Å². The standard InChI is InChI=1S/C17H20N2O2/c1-12-7-8-14(10-16(12)21-3)17(20)19-15-6-4-5-13(9-15)11-18-2/h4-10,18H,11H2,1-3H3,(H,19,20). The van der Waals surface area contributed by atoms with Crippen LogP contribution in [0.15, 0.2) is 42.5 Å². The number of amides is 1. The number of nitrogens with one attached hydrogen (secondary N) is 2. The van der Waals surface area contributed by atoms with E-state index < -0.39 is 0 Å². The number of hydrogen-bond acceptors (Lipinski definition) is 3. The van der Waals surface area contributed by atoms with Gasteiger partial charge in [0, 0.05) is 17.8 Å². The first-order valence-corrected chi connectivity index (χ1v) is 6.83. The highest BCUT2D eigenvalue weighted by Crippen LogP contribution is 2.20. The summed E-state index contributed by atoms with van der Waals surface area (Å²) in [7, 11) is 3.50. The molecule has 0 radical (unpaired) electrons. The quantitative estimate of drug-likeness (QED) is 0.887. The number of hydrogen-bond donors (Lipinski definition) is 2. The van der Waals surface area contributed by atoms with E-state index in [1.807, 2.05) is 44.3 Å². The molecule has 0 saturated carbocycles. The Kier molecular flexibility index (Phi) is 4.95. The third-order valence-electron chi connectivity index (χ3n) is 3.24. The minimum absolute atomic E-state index is 0.144. The molecule has 2 rings (SSSR count). The van der Waals surface area contributed by atoms with Crippen molar-refractivity contribution < 1.29 is 9.53 Å². The van der Waals surface area contributed by atoms with E-state index in [0.717, 1.165) is 23.4 Å². The number of benzene rings is 2. The van der Waals surface area contributed by atoms with Gasteiger partial charge < -0.3 is 15.4 Å². The Labute approximate surface area is 125 Å². The van der Waals surface area contributed by atoms with Crippen molar-refractivity contribution >= 4 is 11.6 Å². The Bertz CT molecular complexity index is 638. The van der Waals surface area contributed by atoms with Gasteiger partial charge in [0.2, 0.25) is 0 Å². The topological polar surface area (TPSA) is 50.4 Å². The molecule has 2 aromatic rings. The van der Waals surface area contributed by atoms with Crippen LogP contribution in [0.5, 0.6) is 5.75 Å². The van der Waals surface area contributed by atoms with Crippen LogP contribution in [0.25, 0.3) is 0 Å². The molecule has 0 spiro atoms. The summed E-state index contributed by atoms with van der Waals surface area (Å²) in [6.45, 7) is 2.71. The van der Waals surface area contributed by atoms with E-state index in [-0.39, 0.29) is 5.91 Å². The number of rotatable bonds is 5. The van der Waals surface area contributed by atoms with Crippen LogP contribution in [0.2, 0.25) is 0 Å². The monoisotopic (exact) mass is 284 g/mol. The predicted octanol–water partition coefficient (Wildman–Crippen LogP) is 2.98. The van der Waals surface area contributed by atoms with Gasteiger partial charge in [-0.3, -0.25) is 4.79 Å². The van der Waals surface area contributed by atoms with Crippen molar-refractivity contribution in [1.82, 2.24) is 5.32 Å². The normalized spacial score (nSPS) is 10.2. The summed E-state index contributed by atoms with van der Waals surface area (Å²) in [5.74, 6) is 0.571. The first-order valence-electron chi connectivity index (χ1n) is 6.83. The number of anilines is 1. The lowest BCUT2D eigenvalue weighted by Gasteiger charge is -2.09. The van der Waals surface area contributed by atoms with E-state index in [4.69, 9.17) is 4.74 Å². The van der Waals surface area contributed by atoms with E-state index >= 15 is 0 Å². The van der Waals surface area contributed by atoms with Crippen LogP contribution in [-0.4, -0.2) is 20.1 Å². The predicted molar refractivity (Wildman–Crippen MR) is 84.9 cm³/mol. The summed E-state index contributed by atoms with van der Waals surface area (Å²) in [5, 5.41) is 5.99. The molecule has 0 aromatic heterocycles. The Morgan fingerprint density at radius 1 is 1.19 bits per heavy atom. The Hall–Kier alpha value is -2.33. The van der Waals surface area contributed by atoms with Crippen LogP contribution in [0.4, 0.5) is 5.69 Å². The molecule has 0 atom stereocenters. The fourth-order valence-corrected chi connectivity index (χ4v) is 2.13. The zero-order valence-electron chi connectivity index (χ0n) is 12.6. The lowest BCUT2D eigenvalue weighted by Crippen LogP contribution is -2.13. The molecule has 2 N–H and O–H groups in total. The van der Waals surface area contributed by atoms with Gasteiger partial charge in [0.25, 0.3) is 5.91 Å². The first kappa shape index (κ1) is 15.1. The van der Waals surface area contributed by atoms with Gasteiger partial charge in [-0.1, -0.05) is 18.2 Å². The van der Waals surface area contributed by atoms with Gasteiger partial charge in [0.15, 0.2) is 0 Å². The smallest absolute Gasteiger partial charge is 0.255 e. The number of aryl methyl sites for hydroxylation is 1. The largest absolute Gasteiger partial charge is 0.496 e. The van der Waals surface area contributed by atoms with Crippen LogP contribution >= 0.6 is 0 Å². The molecule has 4 heteroatoms. The van der Waals surface area contributed by atoms with Crippen LogP contribution < -0.4 is 15.4 Å². The molecule has 0 aliphatic carbocycles. The summed E-state index contributed by atoms with van der Waals surface area (Å²) in [6.07, 6.45) is 0. The van der Waals surface area contributed by atoms with E-state index in [1.54, 1.807) is 19.2 Å². The Morgan fingerprint density at radius 3 is 2.71 bits per heavy atom. The summed E-state index contributed by atoms with van der Waals surface area (Å²) < 4.78 is 5.25. The van der Waals surface area contributed by atoms with Crippen LogP contribution in [0.3, 0.4) is 0 Å². The third kappa shape index (κ3) is 3.83. The molecule has 4 nitrogen and oxygen atoms in total. The van der Waals surface area contributed by atoms with Gasteiger partial charge in [-0.15, -0.1) is 0 Å². The maximum atomic E-state index is 12.3. The van der Waals surface area contributed by atoms with Crippen molar-refractivity contribution in [2.24, 2.45) is 0 Å². The van der Waals surface area contributed by atoms with Gasteiger partial charge in [-0.25, -0.2) is 0 Å². The van der Waals surface area contributed by atoms with Gasteiger partial charge in [-0.05, 0) is 49.4 Å². The summed E-state index contributed by atoms with van der Waals surface area (Å²) in [4.78, 5) is 12.3. The second-order valence-corrected chi connectivity index (χ2v) is 4.87. The average Bonchev–Trinajstić information content (AvgIpc) is 2.48. The molecule has 0 bridgehead atoms. The van der Waals surface area contributed by atoms with E-state index in [9.17, 15) is 4.79 Å². The average molecular weight is 284 g/mol. The van der Waals surface area contributed by atoms with Crippen molar-refractivity contribution in [3.05, 3.63) is 59.2 Å². The first-order chi connectivity index (χ1) is 10.1. The number of carbonyl (C=O) groups is 1. The van der Waals surface area contributed by atoms with Gasteiger partial charge in [0.05, 0.1) is 7.11 Å². The summed E-state index contributed by atoms with van der Waals surface area (Å²) >= 11 is 0.